The molecule has 0 bridgehead atoms. The summed E-state index contributed by atoms with van der Waals surface area (Å²) in [5.74, 6) is 1.80. The molecular formula is C25H29N5O. The largest absolute Gasteiger partial charge is 0.339 e. The molecular weight excluding hydrogens is 386 g/mol. The first-order valence-corrected chi connectivity index (χ1v) is 11.3. The molecule has 4 heterocycles. The van der Waals surface area contributed by atoms with Crippen LogP contribution in [0.2, 0.25) is 0 Å². The number of pyridine rings is 1. The van der Waals surface area contributed by atoms with Crippen LogP contribution < -0.4 is 0 Å². The lowest BCUT2D eigenvalue weighted by Crippen LogP contribution is -2.43. The first-order chi connectivity index (χ1) is 15.3. The highest BCUT2D eigenvalue weighted by Gasteiger charge is 2.36. The zero-order valence-corrected chi connectivity index (χ0v) is 17.8. The van der Waals surface area contributed by atoms with Crippen molar-refractivity contribution >= 4 is 5.91 Å². The predicted octanol–water partition coefficient (Wildman–Crippen LogP) is 3.78. The van der Waals surface area contributed by atoms with Crippen LogP contribution in [0.3, 0.4) is 0 Å². The second kappa shape index (κ2) is 9.02. The van der Waals surface area contributed by atoms with Gasteiger partial charge in [-0.1, -0.05) is 24.3 Å². The van der Waals surface area contributed by atoms with E-state index in [-0.39, 0.29) is 11.9 Å². The van der Waals surface area contributed by atoms with Gasteiger partial charge in [0.2, 0.25) is 0 Å². The number of aryl methyl sites for hydroxylation is 1. The van der Waals surface area contributed by atoms with E-state index in [1.165, 1.54) is 11.4 Å². The molecule has 5 rings (SSSR count). The molecule has 0 saturated carbocycles. The van der Waals surface area contributed by atoms with E-state index in [0.717, 1.165) is 57.5 Å². The number of rotatable bonds is 4. The smallest absolute Gasteiger partial charge is 0.253 e. The lowest BCUT2D eigenvalue weighted by atomic mass is 9.87. The van der Waals surface area contributed by atoms with Gasteiger partial charge in [0.05, 0.1) is 6.04 Å². The van der Waals surface area contributed by atoms with E-state index in [1.807, 2.05) is 59.9 Å². The molecule has 2 aliphatic rings. The summed E-state index contributed by atoms with van der Waals surface area (Å²) < 4.78 is 2.33. The van der Waals surface area contributed by atoms with E-state index in [2.05, 4.69) is 26.7 Å². The fraction of sp³-hybridized carbons (Fsp3) is 0.400. The third kappa shape index (κ3) is 4.26. The van der Waals surface area contributed by atoms with Gasteiger partial charge in [-0.15, -0.1) is 0 Å². The number of fused-ring (bicyclic) bond motifs is 1. The summed E-state index contributed by atoms with van der Waals surface area (Å²) in [5, 5.41) is 0. The normalized spacial score (nSPS) is 20.3. The molecule has 1 saturated heterocycles. The van der Waals surface area contributed by atoms with Crippen molar-refractivity contribution in [2.45, 2.75) is 38.4 Å². The number of carbonyl (C=O) groups is 1. The summed E-state index contributed by atoms with van der Waals surface area (Å²) in [7, 11) is 0. The molecule has 160 valence electrons. The quantitative estimate of drug-likeness (QED) is 0.651. The highest BCUT2D eigenvalue weighted by Crippen LogP contribution is 2.37. The van der Waals surface area contributed by atoms with Gasteiger partial charge in [-0.25, -0.2) is 4.98 Å². The Morgan fingerprint density at radius 3 is 2.58 bits per heavy atom. The standard InChI is InChI=1S/C25H29N5O/c31-25(22-7-2-1-3-8-22)29-15-9-21(10-16-29)23-24-27-12-17-28(24)13-5-14-30(23)19-20-6-4-11-26-18-20/h1-4,6-8,11-12,17-18,21,23H,5,9-10,13-16,19H2. The van der Waals surface area contributed by atoms with E-state index >= 15 is 0 Å². The number of imidazole rings is 1. The molecule has 3 aromatic rings. The molecule has 1 atom stereocenters. The maximum Gasteiger partial charge on any atom is 0.253 e. The highest BCUT2D eigenvalue weighted by molar-refractivity contribution is 5.94. The first-order valence-electron chi connectivity index (χ1n) is 11.3. The zero-order valence-electron chi connectivity index (χ0n) is 17.8. The van der Waals surface area contributed by atoms with Crippen LogP contribution in [-0.4, -0.2) is 49.9 Å². The number of nitrogens with zero attached hydrogens (tertiary/aromatic N) is 5. The number of aromatic nitrogens is 3. The summed E-state index contributed by atoms with van der Waals surface area (Å²) in [6.45, 7) is 4.55. The summed E-state index contributed by atoms with van der Waals surface area (Å²) in [4.78, 5) is 26.6. The van der Waals surface area contributed by atoms with Crippen molar-refractivity contribution < 1.29 is 4.79 Å². The molecule has 31 heavy (non-hydrogen) atoms. The van der Waals surface area contributed by atoms with Gasteiger partial charge in [-0.05, 0) is 48.9 Å². The molecule has 2 aromatic heterocycles. The van der Waals surface area contributed by atoms with Gasteiger partial charge >= 0.3 is 0 Å². The van der Waals surface area contributed by atoms with Crippen molar-refractivity contribution in [1.29, 1.82) is 0 Å². The average Bonchev–Trinajstić information content (AvgIpc) is 3.21. The van der Waals surface area contributed by atoms with Gasteiger partial charge in [0.15, 0.2) is 0 Å². The summed E-state index contributed by atoms with van der Waals surface area (Å²) in [6, 6.07) is 14.1. The Labute approximate surface area is 183 Å². The van der Waals surface area contributed by atoms with Crippen LogP contribution in [0.5, 0.6) is 0 Å². The molecule has 1 fully saturated rings. The summed E-state index contributed by atoms with van der Waals surface area (Å²) in [5.41, 5.74) is 2.02. The number of hydrogen-bond acceptors (Lipinski definition) is 4. The Kier molecular flexibility index (Phi) is 5.80. The van der Waals surface area contributed by atoms with E-state index in [1.54, 1.807) is 0 Å². The molecule has 0 spiro atoms. The number of amides is 1. The zero-order chi connectivity index (χ0) is 21.0. The highest BCUT2D eigenvalue weighted by atomic mass is 16.2. The topological polar surface area (TPSA) is 54.3 Å². The van der Waals surface area contributed by atoms with Gasteiger partial charge in [-0.2, -0.15) is 0 Å². The summed E-state index contributed by atoms with van der Waals surface area (Å²) in [6.07, 6.45) is 11.0. The van der Waals surface area contributed by atoms with E-state index in [4.69, 9.17) is 4.98 Å². The number of carbonyl (C=O) groups excluding carboxylic acids is 1. The molecule has 6 heteroatoms. The minimum atomic E-state index is 0.147. The molecule has 1 aromatic carbocycles. The molecule has 0 N–H and O–H groups in total. The van der Waals surface area contributed by atoms with Crippen molar-refractivity contribution in [2.75, 3.05) is 19.6 Å². The summed E-state index contributed by atoms with van der Waals surface area (Å²) >= 11 is 0. The van der Waals surface area contributed by atoms with E-state index in [9.17, 15) is 4.79 Å². The molecule has 0 radical (unpaired) electrons. The fourth-order valence-electron chi connectivity index (χ4n) is 5.12. The van der Waals surface area contributed by atoms with Crippen molar-refractivity contribution in [3.8, 4) is 0 Å². The van der Waals surface area contributed by atoms with Gasteiger partial charge in [0.1, 0.15) is 5.82 Å². The Bertz CT molecular complexity index is 995. The predicted molar refractivity (Wildman–Crippen MR) is 119 cm³/mol. The second-order valence-corrected chi connectivity index (χ2v) is 8.60. The molecule has 2 aliphatic heterocycles. The van der Waals surface area contributed by atoms with Gasteiger partial charge in [0.25, 0.3) is 5.91 Å². The van der Waals surface area contributed by atoms with E-state index in [0.29, 0.717) is 5.92 Å². The minimum Gasteiger partial charge on any atom is -0.339 e. The SMILES string of the molecule is O=C(c1ccccc1)N1CCC(C2c3nccn3CCCN2Cc2cccnc2)CC1. The van der Waals surface area contributed by atoms with Crippen LogP contribution in [-0.2, 0) is 13.1 Å². The first kappa shape index (κ1) is 19.9. The Balaban J connectivity index is 1.34. The monoisotopic (exact) mass is 415 g/mol. The van der Waals surface area contributed by atoms with Crippen molar-refractivity contribution in [3.63, 3.8) is 0 Å². The Morgan fingerprint density at radius 2 is 1.81 bits per heavy atom. The Hall–Kier alpha value is -2.99. The van der Waals surface area contributed by atoms with Crippen LogP contribution in [0.25, 0.3) is 0 Å². The van der Waals surface area contributed by atoms with Crippen LogP contribution >= 0.6 is 0 Å². The maximum atomic E-state index is 12.9. The van der Waals surface area contributed by atoms with Gasteiger partial charge in [-0.3, -0.25) is 14.7 Å². The van der Waals surface area contributed by atoms with Crippen LogP contribution in [0.15, 0.2) is 67.3 Å². The van der Waals surface area contributed by atoms with Crippen LogP contribution in [0, 0.1) is 5.92 Å². The van der Waals surface area contributed by atoms with Gasteiger partial charge in [0, 0.05) is 63.1 Å². The van der Waals surface area contributed by atoms with Gasteiger partial charge < -0.3 is 9.47 Å². The molecule has 0 aliphatic carbocycles. The third-order valence-corrected chi connectivity index (χ3v) is 6.65. The fourth-order valence-corrected chi connectivity index (χ4v) is 5.12. The van der Waals surface area contributed by atoms with E-state index < -0.39 is 0 Å². The molecule has 1 unspecified atom stereocenters. The third-order valence-electron chi connectivity index (χ3n) is 6.65. The van der Waals surface area contributed by atoms with Crippen molar-refractivity contribution in [3.05, 3.63) is 84.2 Å². The average molecular weight is 416 g/mol. The number of piperidine rings is 1. The van der Waals surface area contributed by atoms with Crippen LogP contribution in [0.1, 0.15) is 47.1 Å². The number of benzene rings is 1. The Morgan fingerprint density at radius 1 is 0.968 bits per heavy atom. The maximum absolute atomic E-state index is 12.9. The lowest BCUT2D eigenvalue weighted by Gasteiger charge is -2.40. The molecule has 6 nitrogen and oxygen atoms in total. The number of likely N-dealkylation sites (tertiary alicyclic amines) is 1. The number of hydrogen-bond donors (Lipinski definition) is 0. The molecule has 1 amide bonds. The van der Waals surface area contributed by atoms with Crippen molar-refractivity contribution in [1.82, 2.24) is 24.3 Å². The lowest BCUT2D eigenvalue weighted by molar-refractivity contribution is 0.0556. The minimum absolute atomic E-state index is 0.147. The van der Waals surface area contributed by atoms with Crippen LogP contribution in [0.4, 0.5) is 0 Å². The van der Waals surface area contributed by atoms with Crippen molar-refractivity contribution in [2.24, 2.45) is 5.92 Å². The second-order valence-electron chi connectivity index (χ2n) is 8.60.